The summed E-state index contributed by atoms with van der Waals surface area (Å²) < 4.78 is 4.03. The summed E-state index contributed by atoms with van der Waals surface area (Å²) in [5.41, 5.74) is 6.90. The molecule has 0 amide bonds. The summed E-state index contributed by atoms with van der Waals surface area (Å²) >= 11 is 0. The van der Waals surface area contributed by atoms with E-state index in [9.17, 15) is 0 Å². The lowest BCUT2D eigenvalue weighted by molar-refractivity contribution is 0.635. The van der Waals surface area contributed by atoms with Crippen molar-refractivity contribution in [2.45, 2.75) is 53.5 Å². The molecule has 0 spiro atoms. The lowest BCUT2D eigenvalue weighted by Gasteiger charge is -2.18. The van der Waals surface area contributed by atoms with Gasteiger partial charge in [0.25, 0.3) is 0 Å². The first-order chi connectivity index (χ1) is 13.9. The van der Waals surface area contributed by atoms with E-state index in [2.05, 4.69) is 67.0 Å². The Morgan fingerprint density at radius 3 is 2.67 bits per heavy atom. The van der Waals surface area contributed by atoms with Crippen LogP contribution in [0.3, 0.4) is 0 Å². The number of rotatable bonds is 7. The summed E-state index contributed by atoms with van der Waals surface area (Å²) in [6.45, 7) is 12.1. The molecule has 0 saturated carbocycles. The van der Waals surface area contributed by atoms with E-state index in [-0.39, 0.29) is 30.0 Å². The number of nitrogens with one attached hydrogen (secondary N) is 2. The van der Waals surface area contributed by atoms with Crippen molar-refractivity contribution in [2.24, 2.45) is 12.0 Å². The molecule has 3 aromatic heterocycles. The normalized spacial score (nSPS) is 12.7. The number of aryl methyl sites for hydroxylation is 3. The summed E-state index contributed by atoms with van der Waals surface area (Å²) in [6, 6.07) is 4.39. The Balaban J connectivity index is 0.00000320. The van der Waals surface area contributed by atoms with E-state index in [4.69, 9.17) is 9.98 Å². The predicted octanol–water partition coefficient (Wildman–Crippen LogP) is 3.34. The number of imidazole rings is 1. The van der Waals surface area contributed by atoms with Crippen molar-refractivity contribution in [3.05, 3.63) is 52.7 Å². The molecule has 3 aromatic rings. The van der Waals surface area contributed by atoms with Crippen LogP contribution in [-0.4, -0.2) is 44.3 Å². The van der Waals surface area contributed by atoms with Gasteiger partial charge in [-0.25, -0.2) is 4.98 Å². The molecular formula is C22H34IN7. The Morgan fingerprint density at radius 1 is 1.27 bits per heavy atom. The van der Waals surface area contributed by atoms with Crippen molar-refractivity contribution >= 4 is 35.6 Å². The van der Waals surface area contributed by atoms with Gasteiger partial charge in [-0.2, -0.15) is 5.10 Å². The van der Waals surface area contributed by atoms with Gasteiger partial charge in [0.15, 0.2) is 5.96 Å². The number of halogens is 1. The molecule has 164 valence electrons. The van der Waals surface area contributed by atoms with Gasteiger partial charge < -0.3 is 15.0 Å². The van der Waals surface area contributed by atoms with E-state index in [0.29, 0.717) is 6.54 Å². The minimum atomic E-state index is 0. The van der Waals surface area contributed by atoms with Crippen LogP contribution in [0.15, 0.2) is 29.5 Å². The topological polar surface area (TPSA) is 71.5 Å². The molecule has 0 bridgehead atoms. The largest absolute Gasteiger partial charge is 0.357 e. The summed E-state index contributed by atoms with van der Waals surface area (Å²) in [7, 11) is 2.00. The maximum atomic E-state index is 4.76. The molecule has 0 saturated heterocycles. The number of hydrogen-bond acceptors (Lipinski definition) is 3. The number of pyridine rings is 1. The highest BCUT2D eigenvalue weighted by atomic mass is 127. The minimum Gasteiger partial charge on any atom is -0.357 e. The summed E-state index contributed by atoms with van der Waals surface area (Å²) in [5, 5.41) is 11.4. The summed E-state index contributed by atoms with van der Waals surface area (Å²) in [4.78, 5) is 9.49. The summed E-state index contributed by atoms with van der Waals surface area (Å²) in [5.74, 6) is 0.846. The Hall–Kier alpha value is -2.10. The molecular weight excluding hydrogens is 489 g/mol. The molecule has 1 unspecified atom stereocenters. The average Bonchev–Trinajstić information content (AvgIpc) is 3.19. The zero-order valence-electron chi connectivity index (χ0n) is 18.9. The second-order valence-electron chi connectivity index (χ2n) is 7.69. The molecule has 0 aliphatic heterocycles. The first kappa shape index (κ1) is 24.2. The fourth-order valence-electron chi connectivity index (χ4n) is 3.63. The predicted molar refractivity (Wildman–Crippen MR) is 134 cm³/mol. The van der Waals surface area contributed by atoms with Crippen LogP contribution in [0.4, 0.5) is 0 Å². The molecule has 2 N–H and O–H groups in total. The van der Waals surface area contributed by atoms with Crippen LogP contribution in [0.1, 0.15) is 42.1 Å². The molecule has 3 rings (SSSR count). The third-order valence-corrected chi connectivity index (χ3v) is 5.26. The molecule has 0 radical (unpaired) electrons. The van der Waals surface area contributed by atoms with E-state index in [0.717, 1.165) is 42.4 Å². The van der Waals surface area contributed by atoms with E-state index in [1.54, 1.807) is 0 Å². The average molecular weight is 523 g/mol. The van der Waals surface area contributed by atoms with Gasteiger partial charge in [-0.3, -0.25) is 9.67 Å². The van der Waals surface area contributed by atoms with E-state index >= 15 is 0 Å². The smallest absolute Gasteiger partial charge is 0.191 e. The van der Waals surface area contributed by atoms with Crippen molar-refractivity contribution in [1.82, 2.24) is 29.8 Å². The monoisotopic (exact) mass is 523 g/mol. The van der Waals surface area contributed by atoms with E-state index in [1.165, 1.54) is 16.8 Å². The standard InChI is InChI=1S/C22H33N7.HI/c1-7-23-22(25-16(3)13-20-17(4)27-28(6)18(20)5)24-11-10-19-14-29-12-8-9-15(2)21(29)26-19;/h8-9,12,14,16H,7,10-11,13H2,1-6H3,(H2,23,24,25);1H. The van der Waals surface area contributed by atoms with Crippen molar-refractivity contribution < 1.29 is 0 Å². The van der Waals surface area contributed by atoms with Gasteiger partial charge in [0, 0.05) is 50.7 Å². The second-order valence-corrected chi connectivity index (χ2v) is 7.69. The van der Waals surface area contributed by atoms with Gasteiger partial charge in [-0.15, -0.1) is 24.0 Å². The molecule has 8 heteroatoms. The highest BCUT2D eigenvalue weighted by Gasteiger charge is 2.14. The van der Waals surface area contributed by atoms with Crippen LogP contribution in [0.5, 0.6) is 0 Å². The number of guanidine groups is 1. The van der Waals surface area contributed by atoms with Crippen molar-refractivity contribution in [1.29, 1.82) is 0 Å². The fourth-order valence-corrected chi connectivity index (χ4v) is 3.63. The second kappa shape index (κ2) is 10.8. The Kier molecular flexibility index (Phi) is 8.69. The number of aliphatic imine (C=N–C) groups is 1. The van der Waals surface area contributed by atoms with Crippen molar-refractivity contribution in [3.8, 4) is 0 Å². The molecule has 3 heterocycles. The molecule has 1 atom stereocenters. The molecule has 0 aliphatic rings. The molecule has 30 heavy (non-hydrogen) atoms. The molecule has 0 fully saturated rings. The fraction of sp³-hybridized carbons (Fsp3) is 0.500. The third-order valence-electron chi connectivity index (χ3n) is 5.26. The molecule has 0 aliphatic carbocycles. The Morgan fingerprint density at radius 2 is 2.03 bits per heavy atom. The number of fused-ring (bicyclic) bond motifs is 1. The number of hydrogen-bond donors (Lipinski definition) is 2. The van der Waals surface area contributed by atoms with E-state index < -0.39 is 0 Å². The van der Waals surface area contributed by atoms with Crippen LogP contribution < -0.4 is 10.6 Å². The van der Waals surface area contributed by atoms with Gasteiger partial charge in [0.05, 0.1) is 11.4 Å². The number of aromatic nitrogens is 4. The van der Waals surface area contributed by atoms with Gasteiger partial charge in [-0.1, -0.05) is 6.07 Å². The maximum absolute atomic E-state index is 4.76. The van der Waals surface area contributed by atoms with Crippen LogP contribution in [0.25, 0.3) is 5.65 Å². The Labute approximate surface area is 196 Å². The maximum Gasteiger partial charge on any atom is 0.191 e. The van der Waals surface area contributed by atoms with Gasteiger partial charge in [0.1, 0.15) is 5.65 Å². The molecule has 0 aromatic carbocycles. The zero-order chi connectivity index (χ0) is 21.0. The van der Waals surface area contributed by atoms with Crippen LogP contribution in [-0.2, 0) is 19.9 Å². The third kappa shape index (κ3) is 5.74. The molecule has 7 nitrogen and oxygen atoms in total. The lowest BCUT2D eigenvalue weighted by atomic mass is 10.1. The van der Waals surface area contributed by atoms with Crippen molar-refractivity contribution in [2.75, 3.05) is 13.1 Å². The lowest BCUT2D eigenvalue weighted by Crippen LogP contribution is -2.43. The highest BCUT2D eigenvalue weighted by molar-refractivity contribution is 14.0. The van der Waals surface area contributed by atoms with Crippen LogP contribution in [0.2, 0.25) is 0 Å². The SMILES string of the molecule is CCNC(=NCCc1cn2cccc(C)c2n1)NC(C)Cc1c(C)nn(C)c1C.I. The van der Waals surface area contributed by atoms with Gasteiger partial charge in [-0.05, 0) is 58.2 Å². The van der Waals surface area contributed by atoms with Crippen LogP contribution >= 0.6 is 24.0 Å². The number of nitrogens with zero attached hydrogens (tertiary/aromatic N) is 5. The Bertz CT molecular complexity index is 1000. The van der Waals surface area contributed by atoms with Crippen LogP contribution in [0, 0.1) is 20.8 Å². The van der Waals surface area contributed by atoms with Gasteiger partial charge >= 0.3 is 0 Å². The van der Waals surface area contributed by atoms with E-state index in [1.807, 2.05) is 24.0 Å². The highest BCUT2D eigenvalue weighted by Crippen LogP contribution is 2.14. The van der Waals surface area contributed by atoms with Crippen molar-refractivity contribution in [3.63, 3.8) is 0 Å². The summed E-state index contributed by atoms with van der Waals surface area (Å²) in [6.07, 6.45) is 5.86. The minimum absolute atomic E-state index is 0. The first-order valence-corrected chi connectivity index (χ1v) is 10.4. The quantitative estimate of drug-likeness (QED) is 0.283. The zero-order valence-corrected chi connectivity index (χ0v) is 21.2. The van der Waals surface area contributed by atoms with Gasteiger partial charge in [0.2, 0.25) is 0 Å². The first-order valence-electron chi connectivity index (χ1n) is 10.4.